The summed E-state index contributed by atoms with van der Waals surface area (Å²) in [6.07, 6.45) is 2.26. The Hall–Kier alpha value is -1.13. The molecule has 0 aliphatic carbocycles. The molecule has 1 aromatic heterocycles. The van der Waals surface area contributed by atoms with Crippen LogP contribution < -0.4 is 10.5 Å². The average molecular weight is 282 g/mol. The maximum Gasteiger partial charge on any atom is 0.248 e. The van der Waals surface area contributed by atoms with Crippen LogP contribution in [0.4, 0.5) is 5.82 Å². The van der Waals surface area contributed by atoms with E-state index in [0.717, 1.165) is 6.26 Å². The van der Waals surface area contributed by atoms with Crippen LogP contribution in [0.2, 0.25) is 0 Å². The second-order valence-electron chi connectivity index (χ2n) is 3.61. The van der Waals surface area contributed by atoms with Gasteiger partial charge in [0, 0.05) is 25.4 Å². The number of nitrogens with zero attached hydrogens (tertiary/aromatic N) is 2. The van der Waals surface area contributed by atoms with Crippen LogP contribution in [0.5, 0.6) is 0 Å². The zero-order valence-corrected chi connectivity index (χ0v) is 11.0. The van der Waals surface area contributed by atoms with Gasteiger partial charge in [0.25, 0.3) is 0 Å². The Morgan fingerprint density at radius 3 is 2.47 bits per heavy atom. The van der Waals surface area contributed by atoms with Crippen molar-refractivity contribution in [3.05, 3.63) is 11.8 Å². The number of sulfonamides is 1. The highest BCUT2D eigenvalue weighted by Gasteiger charge is 2.20. The molecule has 98 valence electrons. The van der Waals surface area contributed by atoms with E-state index in [-0.39, 0.29) is 12.4 Å². The fourth-order valence-electron chi connectivity index (χ4n) is 1.22. The van der Waals surface area contributed by atoms with E-state index in [0.29, 0.717) is 5.56 Å². The SMILES string of the molecule is Cn1ncc(CN)c1NS(=O)(=O)CS(C)(=O)=O. The van der Waals surface area contributed by atoms with Crippen LogP contribution in [0, 0.1) is 0 Å². The Kier molecular flexibility index (Phi) is 3.79. The smallest absolute Gasteiger partial charge is 0.248 e. The first-order valence-corrected chi connectivity index (χ1v) is 8.25. The van der Waals surface area contributed by atoms with Crippen molar-refractivity contribution in [1.82, 2.24) is 9.78 Å². The van der Waals surface area contributed by atoms with Crippen molar-refractivity contribution >= 4 is 25.7 Å². The Bertz CT molecular complexity index is 602. The molecule has 1 heterocycles. The highest BCUT2D eigenvalue weighted by atomic mass is 32.3. The molecule has 0 aliphatic rings. The van der Waals surface area contributed by atoms with E-state index in [4.69, 9.17) is 5.73 Å². The molecular weight excluding hydrogens is 268 g/mol. The maximum atomic E-state index is 11.6. The highest BCUT2D eigenvalue weighted by molar-refractivity contribution is 8.08. The van der Waals surface area contributed by atoms with E-state index in [9.17, 15) is 16.8 Å². The normalized spacial score (nSPS) is 12.6. The number of nitrogens with one attached hydrogen (secondary N) is 1. The molecule has 0 spiro atoms. The van der Waals surface area contributed by atoms with Gasteiger partial charge in [-0.25, -0.2) is 16.8 Å². The zero-order valence-electron chi connectivity index (χ0n) is 9.41. The minimum absolute atomic E-state index is 0.102. The van der Waals surface area contributed by atoms with E-state index >= 15 is 0 Å². The van der Waals surface area contributed by atoms with Crippen LogP contribution in [0.3, 0.4) is 0 Å². The predicted octanol–water partition coefficient (Wildman–Crippen LogP) is -1.38. The summed E-state index contributed by atoms with van der Waals surface area (Å²) in [6, 6.07) is 0. The molecule has 0 saturated carbocycles. The number of aryl methyl sites for hydroxylation is 1. The van der Waals surface area contributed by atoms with Crippen molar-refractivity contribution in [3.63, 3.8) is 0 Å². The van der Waals surface area contributed by atoms with E-state index in [1.807, 2.05) is 0 Å². The van der Waals surface area contributed by atoms with Gasteiger partial charge in [0.2, 0.25) is 10.0 Å². The van der Waals surface area contributed by atoms with E-state index in [1.165, 1.54) is 17.9 Å². The third-order valence-corrected chi connectivity index (χ3v) is 5.31. The standard InChI is InChI=1S/C7H14N4O4S2/c1-11-7(6(3-8)4-9-11)10-17(14,15)5-16(2,12)13/h4,10H,3,5,8H2,1-2H3. The molecule has 1 aromatic rings. The van der Waals surface area contributed by atoms with Gasteiger partial charge in [-0.15, -0.1) is 0 Å². The van der Waals surface area contributed by atoms with Crippen molar-refractivity contribution in [2.75, 3.05) is 16.1 Å². The Morgan fingerprint density at radius 1 is 1.41 bits per heavy atom. The maximum absolute atomic E-state index is 11.6. The second-order valence-corrected chi connectivity index (χ2v) is 7.83. The van der Waals surface area contributed by atoms with Gasteiger partial charge in [0.15, 0.2) is 14.9 Å². The third-order valence-electron chi connectivity index (χ3n) is 1.86. The van der Waals surface area contributed by atoms with Crippen molar-refractivity contribution in [1.29, 1.82) is 0 Å². The van der Waals surface area contributed by atoms with E-state index < -0.39 is 24.9 Å². The van der Waals surface area contributed by atoms with Crippen molar-refractivity contribution < 1.29 is 16.8 Å². The zero-order chi connectivity index (χ0) is 13.3. The molecule has 0 radical (unpaired) electrons. The van der Waals surface area contributed by atoms with Gasteiger partial charge in [-0.2, -0.15) is 5.10 Å². The first kappa shape index (κ1) is 13.9. The van der Waals surface area contributed by atoms with Gasteiger partial charge < -0.3 is 5.73 Å². The molecular formula is C7H14N4O4S2. The number of hydrogen-bond acceptors (Lipinski definition) is 6. The molecule has 3 N–H and O–H groups in total. The fraction of sp³-hybridized carbons (Fsp3) is 0.571. The number of sulfone groups is 1. The van der Waals surface area contributed by atoms with Crippen LogP contribution >= 0.6 is 0 Å². The molecule has 0 aromatic carbocycles. The first-order valence-electron chi connectivity index (χ1n) is 4.54. The lowest BCUT2D eigenvalue weighted by molar-refractivity contribution is 0.594. The van der Waals surface area contributed by atoms with Crippen LogP contribution in [0.1, 0.15) is 5.56 Å². The molecule has 0 fully saturated rings. The lowest BCUT2D eigenvalue weighted by Crippen LogP contribution is -2.24. The molecule has 0 saturated heterocycles. The lowest BCUT2D eigenvalue weighted by atomic mass is 10.3. The monoisotopic (exact) mass is 282 g/mol. The predicted molar refractivity (Wildman–Crippen MR) is 63.4 cm³/mol. The molecule has 0 unspecified atom stereocenters. The van der Waals surface area contributed by atoms with Crippen molar-refractivity contribution in [3.8, 4) is 0 Å². The number of anilines is 1. The number of aromatic nitrogens is 2. The summed E-state index contributed by atoms with van der Waals surface area (Å²) in [4.78, 5) is 0. The van der Waals surface area contributed by atoms with Gasteiger partial charge in [-0.05, 0) is 0 Å². The van der Waals surface area contributed by atoms with Crippen LogP contribution in [0.15, 0.2) is 6.20 Å². The van der Waals surface area contributed by atoms with Crippen LogP contribution in [-0.4, -0.2) is 38.0 Å². The van der Waals surface area contributed by atoms with Gasteiger partial charge in [-0.3, -0.25) is 9.40 Å². The number of nitrogens with two attached hydrogens (primary N) is 1. The Labute approximate surface area is 99.8 Å². The van der Waals surface area contributed by atoms with Gasteiger partial charge >= 0.3 is 0 Å². The molecule has 8 nitrogen and oxygen atoms in total. The largest absolute Gasteiger partial charge is 0.326 e. The van der Waals surface area contributed by atoms with Gasteiger partial charge in [0.05, 0.1) is 6.20 Å². The molecule has 10 heteroatoms. The highest BCUT2D eigenvalue weighted by Crippen LogP contribution is 2.15. The second kappa shape index (κ2) is 4.63. The van der Waals surface area contributed by atoms with Crippen molar-refractivity contribution in [2.45, 2.75) is 6.54 Å². The summed E-state index contributed by atoms with van der Waals surface area (Å²) in [5.41, 5.74) is 5.89. The average Bonchev–Trinajstić information content (AvgIpc) is 2.43. The van der Waals surface area contributed by atoms with Gasteiger partial charge in [-0.1, -0.05) is 0 Å². The van der Waals surface area contributed by atoms with Gasteiger partial charge in [0.1, 0.15) is 5.82 Å². The van der Waals surface area contributed by atoms with E-state index in [2.05, 4.69) is 9.82 Å². The summed E-state index contributed by atoms with van der Waals surface area (Å²) >= 11 is 0. The molecule has 17 heavy (non-hydrogen) atoms. The Balaban J connectivity index is 3.02. The summed E-state index contributed by atoms with van der Waals surface area (Å²) in [5.74, 6) is 0.177. The summed E-state index contributed by atoms with van der Waals surface area (Å²) in [7, 11) is -6.08. The topological polar surface area (TPSA) is 124 Å². The van der Waals surface area contributed by atoms with E-state index in [1.54, 1.807) is 0 Å². The quantitative estimate of drug-likeness (QED) is 0.686. The number of hydrogen-bond donors (Lipinski definition) is 2. The summed E-state index contributed by atoms with van der Waals surface area (Å²) < 4.78 is 48.5. The molecule has 0 aliphatic heterocycles. The molecule has 0 amide bonds. The first-order chi connectivity index (χ1) is 7.64. The fourth-order valence-corrected chi connectivity index (χ4v) is 4.27. The minimum Gasteiger partial charge on any atom is -0.326 e. The summed E-state index contributed by atoms with van der Waals surface area (Å²) in [5, 5.41) is 2.85. The Morgan fingerprint density at radius 2 is 2.00 bits per heavy atom. The molecule has 1 rings (SSSR count). The molecule has 0 atom stereocenters. The lowest BCUT2D eigenvalue weighted by Gasteiger charge is -2.08. The van der Waals surface area contributed by atoms with Crippen molar-refractivity contribution in [2.24, 2.45) is 12.8 Å². The summed E-state index contributed by atoms with van der Waals surface area (Å²) in [6.45, 7) is 0.102. The molecule has 0 bridgehead atoms. The number of rotatable bonds is 5. The third kappa shape index (κ3) is 3.98. The van der Waals surface area contributed by atoms with Crippen LogP contribution in [-0.2, 0) is 33.5 Å². The minimum atomic E-state index is -3.97. The van der Waals surface area contributed by atoms with Crippen LogP contribution in [0.25, 0.3) is 0 Å².